The quantitative estimate of drug-likeness (QED) is 0.369. The number of fused-ring (bicyclic) bond motifs is 1. The number of benzene rings is 2. The van der Waals surface area contributed by atoms with Crippen molar-refractivity contribution in [1.82, 2.24) is 0 Å². The van der Waals surface area contributed by atoms with Crippen molar-refractivity contribution in [1.29, 1.82) is 0 Å². The van der Waals surface area contributed by atoms with E-state index < -0.39 is 6.04 Å². The van der Waals surface area contributed by atoms with Crippen molar-refractivity contribution in [2.24, 2.45) is 0 Å². The first kappa shape index (κ1) is 23.5. The van der Waals surface area contributed by atoms with E-state index >= 15 is 0 Å². The molecule has 1 aliphatic carbocycles. The molecule has 2 atom stereocenters. The Bertz CT molecular complexity index is 1250. The number of allylic oxidation sites excluding steroid dienone is 1. The van der Waals surface area contributed by atoms with Crippen molar-refractivity contribution in [2.45, 2.75) is 57.4 Å². The molecule has 1 aromatic heterocycles. The summed E-state index contributed by atoms with van der Waals surface area (Å²) in [7, 11) is 0. The van der Waals surface area contributed by atoms with Crippen LogP contribution in [0.1, 0.15) is 67.8 Å². The number of nitrogens with zero attached hydrogens (tertiary/aromatic N) is 1. The number of hydrogen-bond acceptors (Lipinski definition) is 4. The summed E-state index contributed by atoms with van der Waals surface area (Å²) in [4.78, 5) is 30.4. The maximum atomic E-state index is 13.8. The molecule has 5 rings (SSSR count). The Labute approximate surface area is 209 Å². The molecule has 4 nitrogen and oxygen atoms in total. The van der Waals surface area contributed by atoms with Crippen LogP contribution in [0.15, 0.2) is 77.3 Å². The van der Waals surface area contributed by atoms with E-state index in [-0.39, 0.29) is 23.4 Å². The second kappa shape index (κ2) is 10.2. The first-order chi connectivity index (χ1) is 17.1. The van der Waals surface area contributed by atoms with Gasteiger partial charge in [0.05, 0.1) is 11.4 Å². The highest BCUT2D eigenvalue weighted by Gasteiger charge is 2.41. The third kappa shape index (κ3) is 4.67. The van der Waals surface area contributed by atoms with Crippen LogP contribution in [-0.2, 0) is 9.59 Å². The number of hydrogen-bond donors (Lipinski definition) is 1. The lowest BCUT2D eigenvalue weighted by molar-refractivity contribution is -0.119. The molecule has 2 aliphatic rings. The van der Waals surface area contributed by atoms with Gasteiger partial charge in [-0.15, -0.1) is 11.3 Å². The van der Waals surface area contributed by atoms with Gasteiger partial charge in [-0.05, 0) is 60.0 Å². The minimum absolute atomic E-state index is 0.0330. The third-order valence-corrected chi connectivity index (χ3v) is 7.83. The Kier molecular flexibility index (Phi) is 6.82. The summed E-state index contributed by atoms with van der Waals surface area (Å²) in [6.07, 6.45) is 4.26. The molecular weight excluding hydrogens is 459 g/mol. The Morgan fingerprint density at radius 3 is 2.60 bits per heavy atom. The number of halogens is 1. The van der Waals surface area contributed by atoms with Crippen molar-refractivity contribution in [3.8, 4) is 0 Å². The van der Waals surface area contributed by atoms with E-state index in [1.807, 2.05) is 46.7 Å². The van der Waals surface area contributed by atoms with Crippen LogP contribution in [-0.4, -0.2) is 11.7 Å². The largest absolute Gasteiger partial charge is 0.357 e. The topological polar surface area (TPSA) is 49.4 Å². The van der Waals surface area contributed by atoms with Gasteiger partial charge in [0.25, 0.3) is 0 Å². The zero-order valence-electron chi connectivity index (χ0n) is 19.8. The number of thiophene rings is 1. The molecule has 0 bridgehead atoms. The number of anilines is 2. The summed E-state index contributed by atoms with van der Waals surface area (Å²) >= 11 is 1.57. The summed E-state index contributed by atoms with van der Waals surface area (Å²) < 4.78 is 13.5. The molecule has 0 saturated heterocycles. The molecule has 1 aliphatic heterocycles. The molecule has 35 heavy (non-hydrogen) atoms. The number of carbonyl (C=O) groups excluding carboxylic acids is 2. The Morgan fingerprint density at radius 2 is 1.86 bits per heavy atom. The number of unbranched alkanes of at least 4 members (excludes halogenated alkanes) is 2. The van der Waals surface area contributed by atoms with E-state index in [9.17, 15) is 14.0 Å². The van der Waals surface area contributed by atoms with Gasteiger partial charge in [0, 0.05) is 29.0 Å². The van der Waals surface area contributed by atoms with Gasteiger partial charge in [-0.2, -0.15) is 0 Å². The predicted molar refractivity (Wildman–Crippen MR) is 139 cm³/mol. The predicted octanol–water partition coefficient (Wildman–Crippen LogP) is 7.37. The van der Waals surface area contributed by atoms with E-state index in [1.54, 1.807) is 23.5 Å². The maximum Gasteiger partial charge on any atom is 0.227 e. The van der Waals surface area contributed by atoms with Gasteiger partial charge in [0.2, 0.25) is 5.91 Å². The average molecular weight is 489 g/mol. The molecule has 2 aromatic carbocycles. The molecule has 0 unspecified atom stereocenters. The van der Waals surface area contributed by atoms with Gasteiger partial charge in [0.1, 0.15) is 11.9 Å². The van der Waals surface area contributed by atoms with Gasteiger partial charge in [0.15, 0.2) is 5.78 Å². The molecule has 0 fully saturated rings. The zero-order valence-corrected chi connectivity index (χ0v) is 20.6. The minimum atomic E-state index is -0.461. The van der Waals surface area contributed by atoms with Crippen LogP contribution >= 0.6 is 11.3 Å². The third-order valence-electron chi connectivity index (χ3n) is 6.91. The highest BCUT2D eigenvalue weighted by Crippen LogP contribution is 2.48. The number of Topliss-reactive ketones (excluding diaryl/α,β-unsaturated/α-hetero) is 1. The smallest absolute Gasteiger partial charge is 0.227 e. The number of ketones is 1. The maximum absolute atomic E-state index is 13.8. The number of carbonyl (C=O) groups is 2. The van der Waals surface area contributed by atoms with Crippen LogP contribution in [0.25, 0.3) is 0 Å². The van der Waals surface area contributed by atoms with Gasteiger partial charge >= 0.3 is 0 Å². The Balaban J connectivity index is 1.62. The van der Waals surface area contributed by atoms with Crippen molar-refractivity contribution in [3.63, 3.8) is 0 Å². The highest BCUT2D eigenvalue weighted by molar-refractivity contribution is 7.10. The van der Waals surface area contributed by atoms with Crippen molar-refractivity contribution in [2.75, 3.05) is 10.2 Å². The molecular formula is C29H29FN2O2S. The fraction of sp³-hybridized carbons (Fsp3) is 0.310. The molecule has 0 radical (unpaired) electrons. The fourth-order valence-corrected chi connectivity index (χ4v) is 6.02. The van der Waals surface area contributed by atoms with Crippen LogP contribution in [0.4, 0.5) is 15.8 Å². The molecule has 2 heterocycles. The Hall–Kier alpha value is -3.25. The standard InChI is InChI=1S/C29H29FN2O2S/c1-2-3-4-11-27(34)32-24-9-6-5-8-22(24)31-23-17-20(19-12-14-21(30)15-13-19)18-25(33)28(23)29(32)26-10-7-16-35-26/h5-10,12-16,20,29,31H,2-4,11,17-18H2,1H3/t20-,29-/m0/s1. The summed E-state index contributed by atoms with van der Waals surface area (Å²) in [6.45, 7) is 2.12. The lowest BCUT2D eigenvalue weighted by Gasteiger charge is -2.34. The van der Waals surface area contributed by atoms with Gasteiger partial charge in [-0.25, -0.2) is 4.39 Å². The second-order valence-electron chi connectivity index (χ2n) is 9.25. The van der Waals surface area contributed by atoms with Gasteiger partial charge in [-0.1, -0.05) is 50.1 Å². The van der Waals surface area contributed by atoms with Crippen LogP contribution in [0.2, 0.25) is 0 Å². The van der Waals surface area contributed by atoms with Crippen LogP contribution in [0, 0.1) is 5.82 Å². The first-order valence-corrected chi connectivity index (χ1v) is 13.2. The van der Waals surface area contributed by atoms with E-state index in [2.05, 4.69) is 12.2 Å². The molecule has 0 saturated carbocycles. The molecule has 6 heteroatoms. The van der Waals surface area contributed by atoms with Crippen molar-refractivity contribution >= 4 is 34.4 Å². The Morgan fingerprint density at radius 1 is 1.06 bits per heavy atom. The molecule has 0 spiro atoms. The number of rotatable bonds is 6. The second-order valence-corrected chi connectivity index (χ2v) is 10.2. The summed E-state index contributed by atoms with van der Waals surface area (Å²) in [5, 5.41) is 5.54. The molecule has 1 N–H and O–H groups in total. The van der Waals surface area contributed by atoms with Crippen LogP contribution in [0.3, 0.4) is 0 Å². The lowest BCUT2D eigenvalue weighted by Crippen LogP contribution is -2.38. The van der Waals surface area contributed by atoms with Gasteiger partial charge < -0.3 is 5.32 Å². The average Bonchev–Trinajstić information content (AvgIpc) is 3.34. The van der Waals surface area contributed by atoms with Crippen molar-refractivity contribution in [3.05, 3.63) is 93.6 Å². The monoisotopic (exact) mass is 488 g/mol. The minimum Gasteiger partial charge on any atom is -0.357 e. The normalized spacial score (nSPS) is 19.6. The van der Waals surface area contributed by atoms with Gasteiger partial charge in [-0.3, -0.25) is 14.5 Å². The molecule has 180 valence electrons. The molecule has 1 amide bonds. The first-order valence-electron chi connectivity index (χ1n) is 12.3. The zero-order chi connectivity index (χ0) is 24.4. The number of nitrogens with one attached hydrogen (secondary N) is 1. The number of amides is 1. The van der Waals surface area contributed by atoms with E-state index in [0.29, 0.717) is 24.8 Å². The van der Waals surface area contributed by atoms with E-state index in [4.69, 9.17) is 0 Å². The van der Waals surface area contributed by atoms with E-state index in [0.717, 1.165) is 46.8 Å². The SMILES string of the molecule is CCCCCC(=O)N1c2ccccc2NC2=C(C(=O)C[C@@H](c3ccc(F)cc3)C2)[C@@H]1c1cccs1. The summed E-state index contributed by atoms with van der Waals surface area (Å²) in [5.41, 5.74) is 4.10. The van der Waals surface area contributed by atoms with Crippen LogP contribution in [0.5, 0.6) is 0 Å². The number of para-hydroxylation sites is 2. The summed E-state index contributed by atoms with van der Waals surface area (Å²) in [6, 6.07) is 17.8. The highest BCUT2D eigenvalue weighted by atomic mass is 32.1. The van der Waals surface area contributed by atoms with Crippen LogP contribution < -0.4 is 10.2 Å². The van der Waals surface area contributed by atoms with Crippen molar-refractivity contribution < 1.29 is 14.0 Å². The molecule has 3 aromatic rings. The summed E-state index contributed by atoms with van der Waals surface area (Å²) in [5.74, 6) is -0.261. The lowest BCUT2D eigenvalue weighted by atomic mass is 9.79. The van der Waals surface area contributed by atoms with E-state index in [1.165, 1.54) is 12.1 Å². The fourth-order valence-electron chi connectivity index (χ4n) is 5.20.